The summed E-state index contributed by atoms with van der Waals surface area (Å²) in [6.07, 6.45) is -4.40. The lowest BCUT2D eigenvalue weighted by molar-refractivity contribution is -0.137. The minimum Gasteiger partial charge on any atom is -0.464 e. The zero-order chi connectivity index (χ0) is 15.6. The Morgan fingerprint density at radius 1 is 1.14 bits per heavy atom. The molecule has 0 unspecified atom stereocenters. The van der Waals surface area contributed by atoms with E-state index in [4.69, 9.17) is 4.42 Å². The fourth-order valence-electron chi connectivity index (χ4n) is 1.90. The number of benzene rings is 1. The van der Waals surface area contributed by atoms with E-state index in [0.29, 0.717) is 5.76 Å². The van der Waals surface area contributed by atoms with E-state index in [1.807, 2.05) is 0 Å². The molecule has 1 aromatic carbocycles. The highest BCUT2D eigenvalue weighted by Crippen LogP contribution is 2.29. The molecule has 0 fully saturated rings. The van der Waals surface area contributed by atoms with Crippen LogP contribution >= 0.6 is 0 Å². The number of nitrogens with zero attached hydrogens (tertiary/aromatic N) is 1. The number of halogens is 3. The van der Waals surface area contributed by atoms with Gasteiger partial charge >= 0.3 is 6.18 Å². The van der Waals surface area contributed by atoms with Gasteiger partial charge in [0.05, 0.1) is 12.1 Å². The molecule has 3 nitrogen and oxygen atoms in total. The normalized spacial score (nSPS) is 11.5. The first-order valence-corrected chi connectivity index (χ1v) is 6.25. The number of rotatable bonds is 3. The molecule has 1 heterocycles. The fraction of sp³-hybridized carbons (Fsp3) is 0.267. The molecule has 112 valence electrons. The van der Waals surface area contributed by atoms with E-state index in [1.54, 1.807) is 26.1 Å². The molecule has 0 atom stereocenters. The molecular formula is C15H14F3NO2. The molecule has 6 heteroatoms. The van der Waals surface area contributed by atoms with E-state index in [9.17, 15) is 18.0 Å². The summed E-state index contributed by atoms with van der Waals surface area (Å²) in [7, 11) is 1.57. The third-order valence-corrected chi connectivity index (χ3v) is 2.99. The summed E-state index contributed by atoms with van der Waals surface area (Å²) in [5.74, 6) is 0.994. The van der Waals surface area contributed by atoms with Gasteiger partial charge in [-0.1, -0.05) is 0 Å². The zero-order valence-corrected chi connectivity index (χ0v) is 11.6. The van der Waals surface area contributed by atoms with Gasteiger partial charge in [-0.2, -0.15) is 13.2 Å². The van der Waals surface area contributed by atoms with Crippen molar-refractivity contribution in [1.82, 2.24) is 4.90 Å². The molecular weight excluding hydrogens is 283 g/mol. The molecule has 21 heavy (non-hydrogen) atoms. The summed E-state index contributed by atoms with van der Waals surface area (Å²) < 4.78 is 42.7. The van der Waals surface area contributed by atoms with Crippen molar-refractivity contribution in [3.63, 3.8) is 0 Å². The Bertz CT molecular complexity index is 629. The number of alkyl halides is 3. The van der Waals surface area contributed by atoms with Crippen molar-refractivity contribution in [1.29, 1.82) is 0 Å². The SMILES string of the molecule is Cc1ccc(CN(C)C(=O)c2ccc(C(F)(F)F)cc2)o1. The first-order valence-electron chi connectivity index (χ1n) is 6.25. The second-order valence-electron chi connectivity index (χ2n) is 4.75. The van der Waals surface area contributed by atoms with Crippen LogP contribution in [0.15, 0.2) is 40.8 Å². The third kappa shape index (κ3) is 3.65. The van der Waals surface area contributed by atoms with Crippen LogP contribution in [0.1, 0.15) is 27.4 Å². The molecule has 0 saturated heterocycles. The van der Waals surface area contributed by atoms with Gasteiger partial charge in [-0.15, -0.1) is 0 Å². The van der Waals surface area contributed by atoms with Crippen LogP contribution in [0, 0.1) is 6.92 Å². The number of hydrogen-bond donors (Lipinski definition) is 0. The number of carbonyl (C=O) groups excluding carboxylic acids is 1. The van der Waals surface area contributed by atoms with Gasteiger partial charge in [-0.05, 0) is 43.3 Å². The number of hydrogen-bond acceptors (Lipinski definition) is 2. The van der Waals surface area contributed by atoms with E-state index < -0.39 is 11.7 Å². The van der Waals surface area contributed by atoms with Gasteiger partial charge in [0.25, 0.3) is 5.91 Å². The predicted octanol–water partition coefficient (Wildman–Crippen LogP) is 3.88. The Kier molecular flexibility index (Phi) is 4.06. The Morgan fingerprint density at radius 2 is 1.76 bits per heavy atom. The van der Waals surface area contributed by atoms with Crippen molar-refractivity contribution >= 4 is 5.91 Å². The number of aryl methyl sites for hydroxylation is 1. The van der Waals surface area contributed by atoms with Crippen LogP contribution in [0.25, 0.3) is 0 Å². The van der Waals surface area contributed by atoms with Crippen LogP contribution in [0.2, 0.25) is 0 Å². The van der Waals surface area contributed by atoms with Gasteiger partial charge in [0.1, 0.15) is 11.5 Å². The molecule has 1 aromatic heterocycles. The molecule has 2 rings (SSSR count). The maximum Gasteiger partial charge on any atom is 0.416 e. The molecule has 2 aromatic rings. The maximum atomic E-state index is 12.5. The minimum absolute atomic E-state index is 0.203. The second-order valence-corrected chi connectivity index (χ2v) is 4.75. The predicted molar refractivity (Wildman–Crippen MR) is 70.7 cm³/mol. The van der Waals surface area contributed by atoms with Gasteiger partial charge < -0.3 is 9.32 Å². The smallest absolute Gasteiger partial charge is 0.416 e. The van der Waals surface area contributed by atoms with E-state index in [-0.39, 0.29) is 18.0 Å². The fourth-order valence-corrected chi connectivity index (χ4v) is 1.90. The van der Waals surface area contributed by atoms with Gasteiger partial charge in [0.15, 0.2) is 0 Å². The lowest BCUT2D eigenvalue weighted by atomic mass is 10.1. The summed E-state index contributed by atoms with van der Waals surface area (Å²) in [4.78, 5) is 13.5. The van der Waals surface area contributed by atoms with E-state index in [1.165, 1.54) is 17.0 Å². The third-order valence-electron chi connectivity index (χ3n) is 2.99. The van der Waals surface area contributed by atoms with Crippen LogP contribution in [0.5, 0.6) is 0 Å². The Balaban J connectivity index is 2.08. The van der Waals surface area contributed by atoms with Crippen LogP contribution in [0.4, 0.5) is 13.2 Å². The van der Waals surface area contributed by atoms with E-state index in [0.717, 1.165) is 17.9 Å². The molecule has 0 aliphatic heterocycles. The van der Waals surface area contributed by atoms with Crippen molar-refractivity contribution in [2.45, 2.75) is 19.6 Å². The first-order chi connectivity index (χ1) is 9.77. The summed E-state index contributed by atoms with van der Waals surface area (Å²) in [5.41, 5.74) is -0.572. The number of amides is 1. The zero-order valence-electron chi connectivity index (χ0n) is 11.6. The monoisotopic (exact) mass is 297 g/mol. The molecule has 0 saturated carbocycles. The van der Waals surface area contributed by atoms with Crippen molar-refractivity contribution < 1.29 is 22.4 Å². The van der Waals surface area contributed by atoms with Gasteiger partial charge in [-0.3, -0.25) is 4.79 Å². The quantitative estimate of drug-likeness (QED) is 0.861. The summed E-state index contributed by atoms with van der Waals surface area (Å²) in [6.45, 7) is 2.05. The Morgan fingerprint density at radius 3 is 2.24 bits per heavy atom. The molecule has 1 amide bonds. The highest BCUT2D eigenvalue weighted by atomic mass is 19.4. The summed E-state index contributed by atoms with van der Waals surface area (Å²) >= 11 is 0. The molecule has 0 aliphatic carbocycles. The van der Waals surface area contributed by atoms with Crippen molar-refractivity contribution in [3.8, 4) is 0 Å². The van der Waals surface area contributed by atoms with Crippen molar-refractivity contribution in [2.75, 3.05) is 7.05 Å². The Hall–Kier alpha value is -2.24. The highest BCUT2D eigenvalue weighted by molar-refractivity contribution is 5.94. The van der Waals surface area contributed by atoms with Gasteiger partial charge in [0, 0.05) is 12.6 Å². The van der Waals surface area contributed by atoms with E-state index in [2.05, 4.69) is 0 Å². The average Bonchev–Trinajstić information content (AvgIpc) is 2.82. The molecule has 0 aliphatic rings. The molecule has 0 bridgehead atoms. The first kappa shape index (κ1) is 15.2. The van der Waals surface area contributed by atoms with Crippen molar-refractivity contribution in [3.05, 3.63) is 59.0 Å². The molecule has 0 spiro atoms. The lowest BCUT2D eigenvalue weighted by Crippen LogP contribution is -2.26. The van der Waals surface area contributed by atoms with Crippen LogP contribution in [0.3, 0.4) is 0 Å². The van der Waals surface area contributed by atoms with E-state index >= 15 is 0 Å². The number of furan rings is 1. The lowest BCUT2D eigenvalue weighted by Gasteiger charge is -2.16. The highest BCUT2D eigenvalue weighted by Gasteiger charge is 2.30. The summed E-state index contributed by atoms with van der Waals surface area (Å²) in [5, 5.41) is 0. The molecule has 0 radical (unpaired) electrons. The Labute approximate surface area is 120 Å². The van der Waals surface area contributed by atoms with Crippen molar-refractivity contribution in [2.24, 2.45) is 0 Å². The summed E-state index contributed by atoms with van der Waals surface area (Å²) in [6, 6.07) is 7.69. The standard InChI is InChI=1S/C15H14F3NO2/c1-10-3-8-13(21-10)9-19(2)14(20)11-4-6-12(7-5-11)15(16,17)18/h3-8H,9H2,1-2H3. The topological polar surface area (TPSA) is 33.5 Å². The minimum atomic E-state index is -4.40. The van der Waals surface area contributed by atoms with Crippen LogP contribution in [-0.4, -0.2) is 17.9 Å². The van der Waals surface area contributed by atoms with Crippen LogP contribution < -0.4 is 0 Å². The van der Waals surface area contributed by atoms with Gasteiger partial charge in [-0.25, -0.2) is 0 Å². The molecule has 0 N–H and O–H groups in total. The second kappa shape index (κ2) is 5.63. The van der Waals surface area contributed by atoms with Gasteiger partial charge in [0.2, 0.25) is 0 Å². The maximum absolute atomic E-state index is 12.5. The average molecular weight is 297 g/mol. The largest absolute Gasteiger partial charge is 0.464 e. The number of carbonyl (C=O) groups is 1. The van der Waals surface area contributed by atoms with Crippen LogP contribution in [-0.2, 0) is 12.7 Å².